The summed E-state index contributed by atoms with van der Waals surface area (Å²) < 4.78 is 11.4. The molecule has 0 bridgehead atoms. The highest BCUT2D eigenvalue weighted by Gasteiger charge is 2.13. The molecule has 0 aliphatic carbocycles. The van der Waals surface area contributed by atoms with Crippen molar-refractivity contribution in [3.05, 3.63) is 87.1 Å². The maximum absolute atomic E-state index is 12.1. The van der Waals surface area contributed by atoms with Gasteiger partial charge in [-0.05, 0) is 53.3 Å². The minimum Gasteiger partial charge on any atom is -0.493 e. The van der Waals surface area contributed by atoms with Crippen molar-refractivity contribution in [1.29, 1.82) is 0 Å². The molecule has 172 valence electrons. The molecule has 0 saturated carbocycles. The average Bonchev–Trinajstić information content (AvgIpc) is 2.77. The number of nitrogens with one attached hydrogen (secondary N) is 2. The maximum Gasteiger partial charge on any atom is 0.345 e. The molecule has 0 unspecified atom stereocenters. The molecule has 33 heavy (non-hydrogen) atoms. The number of carbonyl (C=O) groups is 1. The van der Waals surface area contributed by atoms with Crippen molar-refractivity contribution in [2.45, 2.75) is 39.7 Å². The molecule has 0 atom stereocenters. The fraction of sp³-hybridized carbons (Fsp3) is 0.280. The second-order valence-corrected chi connectivity index (χ2v) is 8.60. The molecule has 1 heterocycles. The number of hydrazone groups is 1. The van der Waals surface area contributed by atoms with Gasteiger partial charge in [-0.3, -0.25) is 4.79 Å². The van der Waals surface area contributed by atoms with Crippen LogP contribution in [0.2, 0.25) is 0 Å². The number of ether oxygens (including phenoxy) is 2. The summed E-state index contributed by atoms with van der Waals surface area (Å²) in [5.74, 6) is 0.565. The smallest absolute Gasteiger partial charge is 0.345 e. The Balaban J connectivity index is 1.63. The van der Waals surface area contributed by atoms with Crippen LogP contribution in [0, 0.1) is 6.92 Å². The third-order valence-electron chi connectivity index (χ3n) is 4.89. The molecule has 0 aliphatic heterocycles. The van der Waals surface area contributed by atoms with Crippen LogP contribution in [0.4, 0.5) is 0 Å². The van der Waals surface area contributed by atoms with Crippen molar-refractivity contribution in [1.82, 2.24) is 15.4 Å². The number of hydrogen-bond donors (Lipinski definition) is 2. The molecule has 3 aromatic rings. The lowest BCUT2D eigenvalue weighted by Gasteiger charge is -2.19. The molecule has 0 saturated heterocycles. The van der Waals surface area contributed by atoms with Crippen LogP contribution >= 0.6 is 0 Å². The topological polar surface area (TPSA) is 106 Å². The largest absolute Gasteiger partial charge is 0.493 e. The van der Waals surface area contributed by atoms with Gasteiger partial charge in [0.25, 0.3) is 5.91 Å². The molecule has 0 spiro atoms. The summed E-state index contributed by atoms with van der Waals surface area (Å²) in [4.78, 5) is 29.6. The molecule has 1 amide bonds. The molecule has 3 rings (SSSR count). The zero-order valence-electron chi connectivity index (χ0n) is 19.4. The predicted octanol–water partition coefficient (Wildman–Crippen LogP) is 3.73. The number of aromatic amines is 1. The molecule has 8 heteroatoms. The molecule has 8 nitrogen and oxygen atoms in total. The molecule has 0 aliphatic rings. The fourth-order valence-corrected chi connectivity index (χ4v) is 3.06. The fourth-order valence-electron chi connectivity index (χ4n) is 3.06. The van der Waals surface area contributed by atoms with Crippen molar-refractivity contribution >= 4 is 12.1 Å². The zero-order valence-corrected chi connectivity index (χ0v) is 19.4. The number of carbonyl (C=O) groups excluding carboxylic acids is 1. The van der Waals surface area contributed by atoms with Crippen molar-refractivity contribution in [2.24, 2.45) is 5.10 Å². The summed E-state index contributed by atoms with van der Waals surface area (Å²) in [5.41, 5.74) is 5.43. The van der Waals surface area contributed by atoms with Gasteiger partial charge in [-0.1, -0.05) is 45.0 Å². The number of rotatable bonds is 7. The van der Waals surface area contributed by atoms with Crippen molar-refractivity contribution < 1.29 is 14.3 Å². The Morgan fingerprint density at radius 3 is 2.48 bits per heavy atom. The van der Waals surface area contributed by atoms with E-state index < -0.39 is 11.6 Å². The van der Waals surface area contributed by atoms with Gasteiger partial charge in [0.15, 0.2) is 11.5 Å². The van der Waals surface area contributed by atoms with Crippen LogP contribution in [0.25, 0.3) is 0 Å². The van der Waals surface area contributed by atoms with Gasteiger partial charge >= 0.3 is 5.69 Å². The van der Waals surface area contributed by atoms with Crippen molar-refractivity contribution in [3.63, 3.8) is 0 Å². The Morgan fingerprint density at radius 2 is 1.85 bits per heavy atom. The van der Waals surface area contributed by atoms with Gasteiger partial charge in [0.05, 0.1) is 13.3 Å². The lowest BCUT2D eigenvalue weighted by atomic mass is 9.87. The van der Waals surface area contributed by atoms with Gasteiger partial charge in [-0.2, -0.15) is 10.1 Å². The Bertz CT molecular complexity index is 1210. The minimum atomic E-state index is -0.588. The molecule has 2 aromatic carbocycles. The third kappa shape index (κ3) is 6.52. The highest BCUT2D eigenvalue weighted by molar-refractivity contribution is 5.93. The summed E-state index contributed by atoms with van der Waals surface area (Å²) in [6, 6.07) is 15.2. The first-order valence-corrected chi connectivity index (χ1v) is 10.5. The van der Waals surface area contributed by atoms with Gasteiger partial charge < -0.3 is 14.5 Å². The van der Waals surface area contributed by atoms with E-state index in [4.69, 9.17) is 9.47 Å². The van der Waals surface area contributed by atoms with E-state index in [2.05, 4.69) is 65.5 Å². The summed E-state index contributed by atoms with van der Waals surface area (Å²) in [6.07, 6.45) is 1.47. The van der Waals surface area contributed by atoms with Crippen LogP contribution in [0.15, 0.2) is 58.4 Å². The van der Waals surface area contributed by atoms with Crippen LogP contribution in [-0.4, -0.2) is 29.2 Å². The summed E-state index contributed by atoms with van der Waals surface area (Å²) >= 11 is 0. The van der Waals surface area contributed by atoms with Gasteiger partial charge in [-0.25, -0.2) is 10.2 Å². The number of aryl methyl sites for hydroxylation is 1. The normalized spacial score (nSPS) is 11.4. The Kier molecular flexibility index (Phi) is 7.27. The Hall–Kier alpha value is -3.94. The first-order chi connectivity index (χ1) is 15.7. The summed E-state index contributed by atoms with van der Waals surface area (Å²) in [7, 11) is 1.56. The summed E-state index contributed by atoms with van der Waals surface area (Å²) in [6.45, 7) is 8.62. The number of aromatic nitrogens is 2. The van der Waals surface area contributed by atoms with E-state index in [1.807, 2.05) is 0 Å². The van der Waals surface area contributed by atoms with Crippen molar-refractivity contribution in [2.75, 3.05) is 7.11 Å². The Morgan fingerprint density at radius 1 is 1.12 bits per heavy atom. The first kappa shape index (κ1) is 23.7. The lowest BCUT2D eigenvalue weighted by molar-refractivity contribution is 0.0949. The van der Waals surface area contributed by atoms with Crippen LogP contribution < -0.4 is 20.6 Å². The first-order valence-electron chi connectivity index (χ1n) is 10.5. The van der Waals surface area contributed by atoms with E-state index in [-0.39, 0.29) is 11.1 Å². The predicted molar refractivity (Wildman–Crippen MR) is 127 cm³/mol. The highest BCUT2D eigenvalue weighted by Crippen LogP contribution is 2.29. The lowest BCUT2D eigenvalue weighted by Crippen LogP contribution is -2.24. The van der Waals surface area contributed by atoms with Gasteiger partial charge in [0.2, 0.25) is 0 Å². The van der Waals surface area contributed by atoms with Gasteiger partial charge in [0.1, 0.15) is 12.3 Å². The van der Waals surface area contributed by atoms with Crippen LogP contribution in [0.5, 0.6) is 11.5 Å². The number of amides is 1. The molecule has 0 fully saturated rings. The molecule has 0 radical (unpaired) electrons. The second kappa shape index (κ2) is 10.1. The van der Waals surface area contributed by atoms with E-state index in [0.29, 0.717) is 29.4 Å². The monoisotopic (exact) mass is 448 g/mol. The maximum atomic E-state index is 12.1. The van der Waals surface area contributed by atoms with Crippen LogP contribution in [-0.2, 0) is 12.0 Å². The van der Waals surface area contributed by atoms with Gasteiger partial charge in [-0.15, -0.1) is 0 Å². The van der Waals surface area contributed by atoms with E-state index >= 15 is 0 Å². The SMILES string of the molecule is COc1cc(/C=N/NC(=O)c2cc(C)[nH]c(=O)n2)ccc1OCc1ccc(C(C)(C)C)cc1. The third-order valence-corrected chi connectivity index (χ3v) is 4.89. The Labute approximate surface area is 192 Å². The number of hydrogen-bond acceptors (Lipinski definition) is 6. The molecular weight excluding hydrogens is 420 g/mol. The quantitative estimate of drug-likeness (QED) is 0.423. The number of nitrogens with zero attached hydrogens (tertiary/aromatic N) is 2. The van der Waals surface area contributed by atoms with E-state index in [1.165, 1.54) is 17.8 Å². The number of methoxy groups -OCH3 is 1. The van der Waals surface area contributed by atoms with Gasteiger partial charge in [0, 0.05) is 5.69 Å². The zero-order chi connectivity index (χ0) is 24.0. The van der Waals surface area contributed by atoms with E-state index in [0.717, 1.165) is 5.56 Å². The van der Waals surface area contributed by atoms with Crippen LogP contribution in [0.1, 0.15) is 53.6 Å². The van der Waals surface area contributed by atoms with E-state index in [9.17, 15) is 9.59 Å². The van der Waals surface area contributed by atoms with Crippen LogP contribution in [0.3, 0.4) is 0 Å². The molecule has 2 N–H and O–H groups in total. The minimum absolute atomic E-state index is 0.00902. The number of benzene rings is 2. The standard InChI is InChI=1S/C25H28N4O4/c1-16-12-20(28-24(31)27-16)23(30)29-26-14-18-8-11-21(22(13-18)32-5)33-15-17-6-9-19(10-7-17)25(2,3)4/h6-14H,15H2,1-5H3,(H,29,30)(H,27,28,31)/b26-14+. The molecule has 1 aromatic heterocycles. The summed E-state index contributed by atoms with van der Waals surface area (Å²) in [5, 5.41) is 3.93. The average molecular weight is 449 g/mol. The van der Waals surface area contributed by atoms with Crippen molar-refractivity contribution in [3.8, 4) is 11.5 Å². The highest BCUT2D eigenvalue weighted by atomic mass is 16.5. The molecular formula is C25H28N4O4. The second-order valence-electron chi connectivity index (χ2n) is 8.60. The van der Waals surface area contributed by atoms with E-state index in [1.54, 1.807) is 32.2 Å². The number of H-pyrrole nitrogens is 1.